The second-order valence-electron chi connectivity index (χ2n) is 5.65. The van der Waals surface area contributed by atoms with Gasteiger partial charge in [0.2, 0.25) is 5.91 Å². The molecule has 1 heterocycles. The molecule has 2 N–H and O–H groups in total. The van der Waals surface area contributed by atoms with Gasteiger partial charge >= 0.3 is 5.97 Å². The molecule has 2 aliphatic rings. The van der Waals surface area contributed by atoms with Gasteiger partial charge in [-0.3, -0.25) is 4.79 Å². The van der Waals surface area contributed by atoms with Crippen molar-refractivity contribution in [2.75, 3.05) is 6.61 Å². The third-order valence-corrected chi connectivity index (χ3v) is 4.20. The Bertz CT molecular complexity index is 328. The number of carboxylic acids is 1. The lowest BCUT2D eigenvalue weighted by atomic mass is 9.89. The van der Waals surface area contributed by atoms with E-state index in [1.54, 1.807) is 0 Å². The second kappa shape index (κ2) is 6.37. The van der Waals surface area contributed by atoms with Gasteiger partial charge in [-0.05, 0) is 32.1 Å². The molecular formula is C14H23NO4. The van der Waals surface area contributed by atoms with E-state index in [4.69, 9.17) is 4.74 Å². The van der Waals surface area contributed by atoms with Crippen LogP contribution in [0.1, 0.15) is 57.8 Å². The molecule has 0 radical (unpaired) electrons. The van der Waals surface area contributed by atoms with Crippen LogP contribution >= 0.6 is 0 Å². The minimum absolute atomic E-state index is 0.246. The van der Waals surface area contributed by atoms with E-state index in [-0.39, 0.29) is 5.91 Å². The van der Waals surface area contributed by atoms with E-state index in [2.05, 4.69) is 5.32 Å². The second-order valence-corrected chi connectivity index (χ2v) is 5.65. The van der Waals surface area contributed by atoms with Gasteiger partial charge in [0.05, 0.1) is 0 Å². The highest BCUT2D eigenvalue weighted by molar-refractivity contribution is 5.89. The first kappa shape index (κ1) is 14.3. The summed E-state index contributed by atoms with van der Waals surface area (Å²) in [6, 6.07) is 0. The van der Waals surface area contributed by atoms with Crippen molar-refractivity contribution in [2.24, 2.45) is 0 Å². The Labute approximate surface area is 113 Å². The molecule has 2 fully saturated rings. The minimum Gasteiger partial charge on any atom is -0.480 e. The van der Waals surface area contributed by atoms with Gasteiger partial charge in [-0.2, -0.15) is 0 Å². The van der Waals surface area contributed by atoms with Gasteiger partial charge in [0.25, 0.3) is 0 Å². The van der Waals surface area contributed by atoms with Crippen LogP contribution in [0.2, 0.25) is 0 Å². The summed E-state index contributed by atoms with van der Waals surface area (Å²) in [6.07, 6.45) is 7.05. The van der Waals surface area contributed by atoms with Crippen LogP contribution in [0.25, 0.3) is 0 Å². The number of hydrogen-bond donors (Lipinski definition) is 2. The van der Waals surface area contributed by atoms with Crippen molar-refractivity contribution < 1.29 is 19.4 Å². The Morgan fingerprint density at radius 3 is 2.26 bits per heavy atom. The van der Waals surface area contributed by atoms with E-state index < -0.39 is 17.6 Å². The molecule has 0 bridgehead atoms. The van der Waals surface area contributed by atoms with E-state index in [1.807, 2.05) is 0 Å². The lowest BCUT2D eigenvalue weighted by Crippen LogP contribution is -2.57. The molecule has 0 aromatic carbocycles. The summed E-state index contributed by atoms with van der Waals surface area (Å²) in [7, 11) is 0. The van der Waals surface area contributed by atoms with Crippen LogP contribution in [0.3, 0.4) is 0 Å². The van der Waals surface area contributed by atoms with Gasteiger partial charge < -0.3 is 15.2 Å². The summed E-state index contributed by atoms with van der Waals surface area (Å²) in [6.45, 7) is 0.595. The number of rotatable bonds is 3. The first-order chi connectivity index (χ1) is 9.14. The van der Waals surface area contributed by atoms with E-state index in [9.17, 15) is 14.7 Å². The summed E-state index contributed by atoms with van der Waals surface area (Å²) in [5, 5.41) is 12.3. The third kappa shape index (κ3) is 3.47. The van der Waals surface area contributed by atoms with Gasteiger partial charge in [-0.15, -0.1) is 0 Å². The fraction of sp³-hybridized carbons (Fsp3) is 0.857. The highest BCUT2D eigenvalue weighted by Gasteiger charge is 2.41. The average molecular weight is 269 g/mol. The number of carboxylic acid groups (broad SMARTS) is 1. The number of amides is 1. The summed E-state index contributed by atoms with van der Waals surface area (Å²) in [4.78, 5) is 23.8. The molecule has 0 spiro atoms. The zero-order valence-corrected chi connectivity index (χ0v) is 11.3. The van der Waals surface area contributed by atoms with E-state index >= 15 is 0 Å². The SMILES string of the molecule is O=C(NC1(C(=O)O)CCCCCC1)C1CCCCO1. The zero-order chi connectivity index (χ0) is 13.7. The van der Waals surface area contributed by atoms with Crippen LogP contribution in [0, 0.1) is 0 Å². The van der Waals surface area contributed by atoms with Crippen molar-refractivity contribution in [3.05, 3.63) is 0 Å². The van der Waals surface area contributed by atoms with Crippen LogP contribution in [0.4, 0.5) is 0 Å². The molecule has 1 saturated heterocycles. The molecule has 5 heteroatoms. The molecule has 1 saturated carbocycles. The predicted octanol–water partition coefficient (Wildman–Crippen LogP) is 1.85. The molecule has 1 amide bonds. The Hall–Kier alpha value is -1.10. The van der Waals surface area contributed by atoms with Crippen LogP contribution in [0.15, 0.2) is 0 Å². The topological polar surface area (TPSA) is 75.6 Å². The summed E-state index contributed by atoms with van der Waals surface area (Å²) < 4.78 is 5.43. The highest BCUT2D eigenvalue weighted by atomic mass is 16.5. The highest BCUT2D eigenvalue weighted by Crippen LogP contribution is 2.28. The standard InChI is InChI=1S/C14H23NO4/c16-12(11-7-3-6-10-19-11)15-14(13(17)18)8-4-1-2-5-9-14/h11H,1-10H2,(H,15,16)(H,17,18). The van der Waals surface area contributed by atoms with Gasteiger partial charge in [0.1, 0.15) is 11.6 Å². The summed E-state index contributed by atoms with van der Waals surface area (Å²) in [5.74, 6) is -1.15. The lowest BCUT2D eigenvalue weighted by molar-refractivity contribution is -0.151. The number of carbonyl (C=O) groups excluding carboxylic acids is 1. The molecule has 19 heavy (non-hydrogen) atoms. The summed E-state index contributed by atoms with van der Waals surface area (Å²) in [5.41, 5.74) is -1.08. The van der Waals surface area contributed by atoms with E-state index in [0.717, 1.165) is 38.5 Å². The van der Waals surface area contributed by atoms with Crippen molar-refractivity contribution in [3.8, 4) is 0 Å². The maximum absolute atomic E-state index is 12.2. The fourth-order valence-corrected chi connectivity index (χ4v) is 2.99. The first-order valence-electron chi connectivity index (χ1n) is 7.31. The Morgan fingerprint density at radius 1 is 1.05 bits per heavy atom. The Morgan fingerprint density at radius 2 is 1.74 bits per heavy atom. The number of hydrogen-bond acceptors (Lipinski definition) is 3. The number of aliphatic carboxylic acids is 1. The quantitative estimate of drug-likeness (QED) is 0.767. The van der Waals surface area contributed by atoms with Crippen molar-refractivity contribution in [1.82, 2.24) is 5.32 Å². The molecule has 0 aromatic heterocycles. The molecule has 5 nitrogen and oxygen atoms in total. The molecule has 108 valence electrons. The average Bonchev–Trinajstić information content (AvgIpc) is 2.66. The normalized spacial score (nSPS) is 27.3. The third-order valence-electron chi connectivity index (χ3n) is 4.20. The number of carbonyl (C=O) groups is 2. The Kier molecular flexibility index (Phi) is 4.80. The van der Waals surface area contributed by atoms with Crippen molar-refractivity contribution in [1.29, 1.82) is 0 Å². The largest absolute Gasteiger partial charge is 0.480 e. The van der Waals surface area contributed by atoms with Crippen molar-refractivity contribution in [3.63, 3.8) is 0 Å². The van der Waals surface area contributed by atoms with Crippen LogP contribution < -0.4 is 5.32 Å². The van der Waals surface area contributed by atoms with Crippen molar-refractivity contribution in [2.45, 2.75) is 69.4 Å². The predicted molar refractivity (Wildman–Crippen MR) is 69.8 cm³/mol. The van der Waals surface area contributed by atoms with E-state index in [1.165, 1.54) is 0 Å². The lowest BCUT2D eigenvalue weighted by Gasteiger charge is -2.32. The summed E-state index contributed by atoms with van der Waals surface area (Å²) >= 11 is 0. The molecule has 1 aliphatic heterocycles. The monoisotopic (exact) mass is 269 g/mol. The molecule has 0 aromatic rings. The molecular weight excluding hydrogens is 246 g/mol. The van der Waals surface area contributed by atoms with Crippen LogP contribution in [0.5, 0.6) is 0 Å². The van der Waals surface area contributed by atoms with Gasteiger partial charge in [0.15, 0.2) is 0 Å². The van der Waals surface area contributed by atoms with Crippen LogP contribution in [-0.4, -0.2) is 35.2 Å². The number of ether oxygens (including phenoxy) is 1. The maximum atomic E-state index is 12.2. The van der Waals surface area contributed by atoms with E-state index in [0.29, 0.717) is 25.9 Å². The first-order valence-corrected chi connectivity index (χ1v) is 7.31. The fourth-order valence-electron chi connectivity index (χ4n) is 2.99. The molecule has 1 aliphatic carbocycles. The van der Waals surface area contributed by atoms with Gasteiger partial charge in [0, 0.05) is 6.61 Å². The van der Waals surface area contributed by atoms with Gasteiger partial charge in [-0.25, -0.2) is 4.79 Å². The van der Waals surface area contributed by atoms with Crippen LogP contribution in [-0.2, 0) is 14.3 Å². The molecule has 2 rings (SSSR count). The number of nitrogens with one attached hydrogen (secondary N) is 1. The van der Waals surface area contributed by atoms with Crippen molar-refractivity contribution >= 4 is 11.9 Å². The molecule has 1 atom stereocenters. The minimum atomic E-state index is -1.08. The maximum Gasteiger partial charge on any atom is 0.329 e. The zero-order valence-electron chi connectivity index (χ0n) is 11.3. The smallest absolute Gasteiger partial charge is 0.329 e. The van der Waals surface area contributed by atoms with Gasteiger partial charge in [-0.1, -0.05) is 25.7 Å². The molecule has 1 unspecified atom stereocenters. The Balaban J connectivity index is 2.02.